The summed E-state index contributed by atoms with van der Waals surface area (Å²) >= 11 is 0. The maximum Gasteiger partial charge on any atom is 0.416 e. The highest BCUT2D eigenvalue weighted by Gasteiger charge is 2.32. The van der Waals surface area contributed by atoms with Gasteiger partial charge in [-0.05, 0) is 25.0 Å². The largest absolute Gasteiger partial charge is 0.416 e. The van der Waals surface area contributed by atoms with E-state index in [1.807, 2.05) is 0 Å². The highest BCUT2D eigenvalue weighted by atomic mass is 19.4. The molecule has 0 aliphatic carbocycles. The lowest BCUT2D eigenvalue weighted by Gasteiger charge is -2.11. The van der Waals surface area contributed by atoms with Gasteiger partial charge in [-0.15, -0.1) is 0 Å². The van der Waals surface area contributed by atoms with Crippen LogP contribution in [0.4, 0.5) is 13.2 Å². The molecule has 0 amide bonds. The molecule has 0 nitrogen and oxygen atoms in total. The number of hydrogen-bond donors (Lipinski definition) is 0. The fraction of sp³-hybridized carbons (Fsp3) is 0.400. The zero-order valence-electron chi connectivity index (χ0n) is 7.57. The minimum absolute atomic E-state index is 0.359. The molecule has 0 fully saturated rings. The van der Waals surface area contributed by atoms with E-state index in [2.05, 4.69) is 0 Å². The van der Waals surface area contributed by atoms with Gasteiger partial charge in [-0.3, -0.25) is 0 Å². The summed E-state index contributed by atoms with van der Waals surface area (Å²) in [6, 6.07) is 4.44. The fourth-order valence-electron chi connectivity index (χ4n) is 1.26. The smallest absolute Gasteiger partial charge is 0.166 e. The summed E-state index contributed by atoms with van der Waals surface area (Å²) in [7, 11) is 0. The van der Waals surface area contributed by atoms with E-state index in [0.717, 1.165) is 0 Å². The molecule has 0 saturated carbocycles. The average molecular weight is 188 g/mol. The highest BCUT2D eigenvalue weighted by Crippen LogP contribution is 2.32. The van der Waals surface area contributed by atoms with Crippen molar-refractivity contribution in [3.8, 4) is 0 Å². The summed E-state index contributed by atoms with van der Waals surface area (Å²) in [5.74, 6) is 0. The third-order valence-corrected chi connectivity index (χ3v) is 1.95. The van der Waals surface area contributed by atoms with Gasteiger partial charge in [-0.1, -0.05) is 24.6 Å². The van der Waals surface area contributed by atoms with Crippen LogP contribution in [0.2, 0.25) is 0 Å². The number of alkyl halides is 3. The Kier molecular flexibility index (Phi) is 2.64. The van der Waals surface area contributed by atoms with Crippen LogP contribution < -0.4 is 0 Å². The minimum Gasteiger partial charge on any atom is -0.166 e. The quantitative estimate of drug-likeness (QED) is 0.632. The van der Waals surface area contributed by atoms with Crippen molar-refractivity contribution in [2.45, 2.75) is 26.4 Å². The standard InChI is InChI=1S/C10H11F3/c1-3-8-5-4-7(2)6-9(8)10(11,12)13/h4-6H,3H2,1-2H3. The normalized spacial score (nSPS) is 11.8. The molecular weight excluding hydrogens is 177 g/mol. The molecule has 0 bridgehead atoms. The highest BCUT2D eigenvalue weighted by molar-refractivity contribution is 5.33. The molecule has 0 heterocycles. The van der Waals surface area contributed by atoms with Gasteiger partial charge in [-0.25, -0.2) is 0 Å². The number of rotatable bonds is 1. The van der Waals surface area contributed by atoms with Crippen LogP contribution in [0, 0.1) is 6.92 Å². The lowest BCUT2D eigenvalue weighted by atomic mass is 10.0. The molecule has 0 unspecified atom stereocenters. The molecule has 0 aliphatic rings. The zero-order valence-corrected chi connectivity index (χ0v) is 7.57. The second kappa shape index (κ2) is 3.40. The molecule has 0 aliphatic heterocycles. The predicted octanol–water partition coefficient (Wildman–Crippen LogP) is 3.58. The monoisotopic (exact) mass is 188 g/mol. The molecule has 0 N–H and O–H groups in total. The van der Waals surface area contributed by atoms with E-state index in [1.54, 1.807) is 19.9 Å². The molecule has 0 spiro atoms. The van der Waals surface area contributed by atoms with Gasteiger partial charge in [0.1, 0.15) is 0 Å². The van der Waals surface area contributed by atoms with E-state index >= 15 is 0 Å². The summed E-state index contributed by atoms with van der Waals surface area (Å²) in [5, 5.41) is 0. The van der Waals surface area contributed by atoms with Crippen LogP contribution in [0.5, 0.6) is 0 Å². The maximum absolute atomic E-state index is 12.4. The molecule has 1 rings (SSSR count). The van der Waals surface area contributed by atoms with Crippen molar-refractivity contribution in [1.29, 1.82) is 0 Å². The molecule has 0 atom stereocenters. The van der Waals surface area contributed by atoms with Crippen molar-refractivity contribution in [2.75, 3.05) is 0 Å². The van der Waals surface area contributed by atoms with Crippen molar-refractivity contribution >= 4 is 0 Å². The molecule has 1 aromatic carbocycles. The first-order valence-corrected chi connectivity index (χ1v) is 4.12. The minimum atomic E-state index is -4.22. The van der Waals surface area contributed by atoms with E-state index in [4.69, 9.17) is 0 Å². The van der Waals surface area contributed by atoms with Crippen molar-refractivity contribution in [3.05, 3.63) is 34.9 Å². The second-order valence-electron chi connectivity index (χ2n) is 3.01. The Morgan fingerprint density at radius 3 is 2.31 bits per heavy atom. The van der Waals surface area contributed by atoms with Gasteiger partial charge < -0.3 is 0 Å². The van der Waals surface area contributed by atoms with E-state index in [0.29, 0.717) is 17.5 Å². The molecule has 3 heteroatoms. The van der Waals surface area contributed by atoms with Crippen molar-refractivity contribution < 1.29 is 13.2 Å². The SMILES string of the molecule is CCc1ccc(C)cc1C(F)(F)F. The van der Waals surface area contributed by atoms with Gasteiger partial charge in [0.25, 0.3) is 0 Å². The molecule has 0 aromatic heterocycles. The van der Waals surface area contributed by atoms with Gasteiger partial charge in [0.2, 0.25) is 0 Å². The lowest BCUT2D eigenvalue weighted by molar-refractivity contribution is -0.138. The van der Waals surface area contributed by atoms with E-state index in [9.17, 15) is 13.2 Å². The lowest BCUT2D eigenvalue weighted by Crippen LogP contribution is -2.08. The number of halogens is 3. The molecule has 0 radical (unpaired) electrons. The Balaban J connectivity index is 3.24. The van der Waals surface area contributed by atoms with E-state index in [-0.39, 0.29) is 0 Å². The summed E-state index contributed by atoms with van der Waals surface area (Å²) in [4.78, 5) is 0. The Bertz CT molecular complexity index is 300. The van der Waals surface area contributed by atoms with E-state index < -0.39 is 11.7 Å². The van der Waals surface area contributed by atoms with Crippen LogP contribution in [0.1, 0.15) is 23.6 Å². The first-order chi connectivity index (χ1) is 5.95. The summed E-state index contributed by atoms with van der Waals surface area (Å²) < 4.78 is 37.2. The van der Waals surface area contributed by atoms with Gasteiger partial charge in [-0.2, -0.15) is 13.2 Å². The first-order valence-electron chi connectivity index (χ1n) is 4.12. The van der Waals surface area contributed by atoms with Crippen LogP contribution in [-0.2, 0) is 12.6 Å². The van der Waals surface area contributed by atoms with Crippen LogP contribution >= 0.6 is 0 Å². The van der Waals surface area contributed by atoms with Crippen LogP contribution in [0.3, 0.4) is 0 Å². The number of benzene rings is 1. The summed E-state index contributed by atoms with van der Waals surface area (Å²) in [6.07, 6.45) is -3.81. The van der Waals surface area contributed by atoms with Crippen molar-refractivity contribution in [3.63, 3.8) is 0 Å². The third kappa shape index (κ3) is 2.23. The molecular formula is C10H11F3. The van der Waals surface area contributed by atoms with Crippen LogP contribution in [0.15, 0.2) is 18.2 Å². The fourth-order valence-corrected chi connectivity index (χ4v) is 1.26. The van der Waals surface area contributed by atoms with Crippen LogP contribution in [0.25, 0.3) is 0 Å². The van der Waals surface area contributed by atoms with Crippen molar-refractivity contribution in [2.24, 2.45) is 0 Å². The molecule has 13 heavy (non-hydrogen) atoms. The van der Waals surface area contributed by atoms with Gasteiger partial charge >= 0.3 is 6.18 Å². The van der Waals surface area contributed by atoms with Gasteiger partial charge in [0.15, 0.2) is 0 Å². The van der Waals surface area contributed by atoms with Gasteiger partial charge in [0.05, 0.1) is 5.56 Å². The predicted molar refractivity (Wildman–Crippen MR) is 45.6 cm³/mol. The molecule has 72 valence electrons. The Hall–Kier alpha value is -0.990. The number of aryl methyl sites for hydroxylation is 2. The first kappa shape index (κ1) is 10.1. The second-order valence-corrected chi connectivity index (χ2v) is 3.01. The Morgan fingerprint density at radius 1 is 1.23 bits per heavy atom. The molecule has 1 aromatic rings. The Morgan fingerprint density at radius 2 is 1.85 bits per heavy atom. The third-order valence-electron chi connectivity index (χ3n) is 1.95. The van der Waals surface area contributed by atoms with Crippen LogP contribution in [-0.4, -0.2) is 0 Å². The Labute approximate surface area is 75.4 Å². The summed E-state index contributed by atoms with van der Waals surface area (Å²) in [6.45, 7) is 3.38. The summed E-state index contributed by atoms with van der Waals surface area (Å²) in [5.41, 5.74) is 0.498. The average Bonchev–Trinajstić information content (AvgIpc) is 2.03. The van der Waals surface area contributed by atoms with E-state index in [1.165, 1.54) is 12.1 Å². The van der Waals surface area contributed by atoms with Gasteiger partial charge in [0, 0.05) is 0 Å². The maximum atomic E-state index is 12.4. The zero-order chi connectivity index (χ0) is 10.1. The van der Waals surface area contributed by atoms with Crippen molar-refractivity contribution in [1.82, 2.24) is 0 Å². The number of hydrogen-bond acceptors (Lipinski definition) is 0. The molecule has 0 saturated heterocycles. The topological polar surface area (TPSA) is 0 Å².